The number of aromatic nitrogens is 2. The van der Waals surface area contributed by atoms with Gasteiger partial charge in [0, 0.05) is 29.6 Å². The molecule has 2 aromatic rings. The summed E-state index contributed by atoms with van der Waals surface area (Å²) < 4.78 is 10.8. The van der Waals surface area contributed by atoms with Crippen LogP contribution in [0.2, 0.25) is 0 Å². The first-order valence-corrected chi connectivity index (χ1v) is 8.94. The van der Waals surface area contributed by atoms with E-state index in [1.165, 1.54) is 0 Å². The van der Waals surface area contributed by atoms with E-state index in [4.69, 9.17) is 14.5 Å². The lowest BCUT2D eigenvalue weighted by Crippen LogP contribution is -2.39. The number of nitrogens with zero attached hydrogens (tertiary/aromatic N) is 5. The molecule has 1 aromatic heterocycles. The van der Waals surface area contributed by atoms with E-state index in [0.29, 0.717) is 17.0 Å². The van der Waals surface area contributed by atoms with Crippen molar-refractivity contribution < 1.29 is 9.47 Å². The highest BCUT2D eigenvalue weighted by Crippen LogP contribution is 2.36. The Morgan fingerprint density at radius 3 is 2.44 bits per heavy atom. The summed E-state index contributed by atoms with van der Waals surface area (Å²) in [7, 11) is 3.17. The summed E-state index contributed by atoms with van der Waals surface area (Å²) in [5.41, 5.74) is 1.19. The summed E-state index contributed by atoms with van der Waals surface area (Å²) in [6.07, 6.45) is 1.65. The van der Waals surface area contributed by atoms with Gasteiger partial charge in [0.25, 0.3) is 0 Å². The predicted octanol–water partition coefficient (Wildman–Crippen LogP) is 3.16. The van der Waals surface area contributed by atoms with Crippen molar-refractivity contribution in [1.29, 1.82) is 5.26 Å². The summed E-state index contributed by atoms with van der Waals surface area (Å²) in [5, 5.41) is 19.2. The number of amidine groups is 1. The topological polar surface area (TPSA) is 83.6 Å². The van der Waals surface area contributed by atoms with E-state index in [0.717, 1.165) is 23.3 Å². The Morgan fingerprint density at radius 2 is 1.85 bits per heavy atom. The second-order valence-electron chi connectivity index (χ2n) is 7.59. The summed E-state index contributed by atoms with van der Waals surface area (Å²) >= 11 is 0. The molecule has 0 radical (unpaired) electrons. The fraction of sp³-hybridized carbons (Fsp3) is 0.500. The van der Waals surface area contributed by atoms with E-state index >= 15 is 0 Å². The molecular weight excluding hydrogens is 342 g/mol. The maximum absolute atomic E-state index is 10.0. The number of hydrogen-bond donors (Lipinski definition) is 0. The molecule has 2 heterocycles. The molecule has 3 rings (SSSR count). The highest BCUT2D eigenvalue weighted by Gasteiger charge is 2.37. The Balaban J connectivity index is 2.19. The lowest BCUT2D eigenvalue weighted by molar-refractivity contribution is 0.320. The van der Waals surface area contributed by atoms with Gasteiger partial charge in [-0.3, -0.25) is 4.99 Å². The second kappa shape index (κ2) is 7.03. The molecule has 1 aliphatic rings. The fourth-order valence-electron chi connectivity index (χ4n) is 3.49. The van der Waals surface area contributed by atoms with E-state index in [9.17, 15) is 5.26 Å². The SMILES string of the molecule is COc1cc2nncc([C@@H](C#N)C3=NC(C)(C)CN3C(C)C)c2cc1OC. The van der Waals surface area contributed by atoms with Crippen molar-refractivity contribution in [1.82, 2.24) is 15.1 Å². The first kappa shape index (κ1) is 18.9. The Bertz CT molecular complexity index is 930. The minimum atomic E-state index is -0.537. The van der Waals surface area contributed by atoms with Crippen LogP contribution < -0.4 is 9.47 Å². The fourth-order valence-corrected chi connectivity index (χ4v) is 3.49. The van der Waals surface area contributed by atoms with Crippen molar-refractivity contribution in [2.75, 3.05) is 20.8 Å². The van der Waals surface area contributed by atoms with Crippen LogP contribution in [0.3, 0.4) is 0 Å². The van der Waals surface area contributed by atoms with E-state index in [2.05, 4.69) is 48.9 Å². The second-order valence-corrected chi connectivity index (χ2v) is 7.59. The quantitative estimate of drug-likeness (QED) is 0.807. The van der Waals surface area contributed by atoms with Crippen LogP contribution in [0.1, 0.15) is 39.2 Å². The number of methoxy groups -OCH3 is 2. The molecule has 27 heavy (non-hydrogen) atoms. The van der Waals surface area contributed by atoms with Crippen LogP contribution in [-0.2, 0) is 0 Å². The monoisotopic (exact) mass is 367 g/mol. The highest BCUT2D eigenvalue weighted by atomic mass is 16.5. The van der Waals surface area contributed by atoms with Crippen LogP contribution in [-0.4, -0.2) is 53.3 Å². The highest BCUT2D eigenvalue weighted by molar-refractivity contribution is 5.98. The molecule has 1 aliphatic heterocycles. The molecule has 0 saturated heterocycles. The zero-order valence-corrected chi connectivity index (χ0v) is 16.6. The molecule has 7 heteroatoms. The number of rotatable bonds is 5. The molecule has 0 spiro atoms. The molecule has 7 nitrogen and oxygen atoms in total. The van der Waals surface area contributed by atoms with Crippen molar-refractivity contribution in [3.63, 3.8) is 0 Å². The van der Waals surface area contributed by atoms with Gasteiger partial charge >= 0.3 is 0 Å². The molecule has 0 fully saturated rings. The maximum atomic E-state index is 10.0. The van der Waals surface area contributed by atoms with E-state index in [1.54, 1.807) is 26.5 Å². The molecule has 0 bridgehead atoms. The van der Waals surface area contributed by atoms with Crippen LogP contribution >= 0.6 is 0 Å². The lowest BCUT2D eigenvalue weighted by Gasteiger charge is -2.28. The lowest BCUT2D eigenvalue weighted by atomic mass is 9.95. The molecule has 0 unspecified atom stereocenters. The Morgan fingerprint density at radius 1 is 1.19 bits per heavy atom. The van der Waals surface area contributed by atoms with Gasteiger partial charge in [0.1, 0.15) is 11.8 Å². The smallest absolute Gasteiger partial charge is 0.162 e. The maximum Gasteiger partial charge on any atom is 0.162 e. The summed E-state index contributed by atoms with van der Waals surface area (Å²) in [4.78, 5) is 7.07. The van der Waals surface area contributed by atoms with Crippen molar-refractivity contribution in [3.8, 4) is 17.6 Å². The molecule has 0 amide bonds. The van der Waals surface area contributed by atoms with Crippen LogP contribution in [0.5, 0.6) is 11.5 Å². The third kappa shape index (κ3) is 3.39. The third-order valence-corrected chi connectivity index (χ3v) is 4.77. The van der Waals surface area contributed by atoms with Gasteiger partial charge in [-0.15, -0.1) is 0 Å². The van der Waals surface area contributed by atoms with Gasteiger partial charge in [-0.05, 0) is 33.8 Å². The number of aliphatic imine (C=N–C) groups is 1. The van der Waals surface area contributed by atoms with Crippen molar-refractivity contribution in [2.24, 2.45) is 4.99 Å². The van der Waals surface area contributed by atoms with Crippen molar-refractivity contribution >= 4 is 16.7 Å². The summed E-state index contributed by atoms with van der Waals surface area (Å²) in [5.74, 6) is 1.41. The Labute approximate surface area is 159 Å². The first-order chi connectivity index (χ1) is 12.8. The number of nitriles is 1. The molecule has 1 atom stereocenters. The Kier molecular flexibility index (Phi) is 4.92. The van der Waals surface area contributed by atoms with Gasteiger partial charge in [-0.2, -0.15) is 15.5 Å². The summed E-state index contributed by atoms with van der Waals surface area (Å²) in [6.45, 7) is 9.18. The van der Waals surface area contributed by atoms with Crippen LogP contribution in [0.4, 0.5) is 0 Å². The number of benzene rings is 1. The normalized spacial score (nSPS) is 17.0. The number of hydrogen-bond acceptors (Lipinski definition) is 7. The first-order valence-electron chi connectivity index (χ1n) is 8.94. The zero-order chi connectivity index (χ0) is 19.8. The third-order valence-electron chi connectivity index (χ3n) is 4.77. The number of fused-ring (bicyclic) bond motifs is 1. The molecule has 142 valence electrons. The van der Waals surface area contributed by atoms with Gasteiger partial charge < -0.3 is 14.4 Å². The average Bonchev–Trinajstić information content (AvgIpc) is 2.97. The average molecular weight is 367 g/mol. The number of ether oxygens (including phenoxy) is 2. The Hall–Kier alpha value is -2.88. The standard InChI is InChI=1S/C20H25N5O2/c1-12(2)25-11-20(3,4)23-19(25)14(9-21)15-10-22-24-16-8-18(27-6)17(26-5)7-13(15)16/h7-8,10,12,14H,11H2,1-6H3/t14-/m1/s1. The zero-order valence-electron chi connectivity index (χ0n) is 16.6. The van der Waals surface area contributed by atoms with Gasteiger partial charge in [-0.1, -0.05) is 0 Å². The van der Waals surface area contributed by atoms with E-state index in [-0.39, 0.29) is 11.6 Å². The minimum Gasteiger partial charge on any atom is -0.493 e. The van der Waals surface area contributed by atoms with E-state index in [1.807, 2.05) is 6.07 Å². The van der Waals surface area contributed by atoms with Crippen molar-refractivity contribution in [2.45, 2.75) is 45.2 Å². The van der Waals surface area contributed by atoms with E-state index < -0.39 is 5.92 Å². The minimum absolute atomic E-state index is 0.230. The van der Waals surface area contributed by atoms with Gasteiger partial charge in [-0.25, -0.2) is 0 Å². The van der Waals surface area contributed by atoms with Crippen molar-refractivity contribution in [3.05, 3.63) is 23.9 Å². The predicted molar refractivity (Wildman–Crippen MR) is 104 cm³/mol. The molecule has 0 N–H and O–H groups in total. The molecule has 0 aliphatic carbocycles. The summed E-state index contributed by atoms with van der Waals surface area (Å²) in [6, 6.07) is 6.30. The van der Waals surface area contributed by atoms with Crippen LogP contribution in [0.15, 0.2) is 23.3 Å². The van der Waals surface area contributed by atoms with Crippen LogP contribution in [0.25, 0.3) is 10.9 Å². The van der Waals surface area contributed by atoms with Gasteiger partial charge in [0.05, 0.1) is 37.5 Å². The van der Waals surface area contributed by atoms with Gasteiger partial charge in [0.2, 0.25) is 0 Å². The largest absolute Gasteiger partial charge is 0.493 e. The van der Waals surface area contributed by atoms with Gasteiger partial charge in [0.15, 0.2) is 11.5 Å². The molecular formula is C20H25N5O2. The molecule has 1 aromatic carbocycles. The van der Waals surface area contributed by atoms with Crippen LogP contribution in [0, 0.1) is 11.3 Å². The molecule has 0 saturated carbocycles.